The molecule has 118 valence electrons. The van der Waals surface area contributed by atoms with Crippen LogP contribution in [0.4, 0.5) is 13.2 Å². The summed E-state index contributed by atoms with van der Waals surface area (Å²) >= 11 is 0. The first-order chi connectivity index (χ1) is 10.1. The maximum absolute atomic E-state index is 12.7. The van der Waals surface area contributed by atoms with Crippen molar-refractivity contribution in [3.63, 3.8) is 0 Å². The second kappa shape index (κ2) is 5.59. The van der Waals surface area contributed by atoms with Crippen LogP contribution in [0, 0.1) is 6.92 Å². The minimum atomic E-state index is -4.52. The topological polar surface area (TPSA) is 42.0 Å². The van der Waals surface area contributed by atoms with Gasteiger partial charge in [-0.1, -0.05) is 23.8 Å². The Hall–Kier alpha value is -2.11. The molecule has 0 saturated carbocycles. The van der Waals surface area contributed by atoms with Crippen LogP contribution in [-0.4, -0.2) is 16.4 Å². The van der Waals surface area contributed by atoms with Gasteiger partial charge in [-0.25, -0.2) is 0 Å². The van der Waals surface area contributed by atoms with Gasteiger partial charge in [-0.2, -0.15) is 13.2 Å². The molecular weight excluding hydrogens is 293 g/mol. The van der Waals surface area contributed by atoms with Crippen molar-refractivity contribution in [1.82, 2.24) is 10.3 Å². The third-order valence-electron chi connectivity index (χ3n) is 3.62. The van der Waals surface area contributed by atoms with Gasteiger partial charge in [0, 0.05) is 11.9 Å². The Morgan fingerprint density at radius 1 is 1.36 bits per heavy atom. The lowest BCUT2D eigenvalue weighted by Crippen LogP contribution is -2.45. The standard InChI is InChI=1S/C16H17F3N2O/c1-10-4-6-15(3,7-5-10)21-14(22)13-8-12(16(17,18)19)9-20-11(13)2/h4-6,8-9H,7H2,1-3H3,(H,21,22). The summed E-state index contributed by atoms with van der Waals surface area (Å²) in [6, 6.07) is 0.842. The largest absolute Gasteiger partial charge is 0.417 e. The van der Waals surface area contributed by atoms with Crippen LogP contribution in [-0.2, 0) is 6.18 Å². The van der Waals surface area contributed by atoms with Gasteiger partial charge in [0.2, 0.25) is 0 Å². The number of nitrogens with zero attached hydrogens (tertiary/aromatic N) is 1. The van der Waals surface area contributed by atoms with E-state index < -0.39 is 23.2 Å². The first kappa shape index (κ1) is 16.3. The fourth-order valence-electron chi connectivity index (χ4n) is 2.16. The number of carbonyl (C=O) groups is 1. The molecule has 1 aliphatic rings. The minimum absolute atomic E-state index is 0.0595. The van der Waals surface area contributed by atoms with Gasteiger partial charge < -0.3 is 5.32 Å². The monoisotopic (exact) mass is 310 g/mol. The lowest BCUT2D eigenvalue weighted by atomic mass is 9.90. The smallest absolute Gasteiger partial charge is 0.343 e. The van der Waals surface area contributed by atoms with Gasteiger partial charge in [0.25, 0.3) is 5.91 Å². The molecule has 0 saturated heterocycles. The zero-order valence-electron chi connectivity index (χ0n) is 12.6. The van der Waals surface area contributed by atoms with Crippen LogP contribution >= 0.6 is 0 Å². The van der Waals surface area contributed by atoms with Crippen LogP contribution in [0.1, 0.15) is 41.9 Å². The van der Waals surface area contributed by atoms with Crippen LogP contribution in [0.25, 0.3) is 0 Å². The van der Waals surface area contributed by atoms with Gasteiger partial charge in [0.15, 0.2) is 0 Å². The lowest BCUT2D eigenvalue weighted by molar-refractivity contribution is -0.137. The maximum Gasteiger partial charge on any atom is 0.417 e. The SMILES string of the molecule is CC1=CCC(C)(NC(=O)c2cc(C(F)(F)F)cnc2C)C=C1. The van der Waals surface area contributed by atoms with Crippen LogP contribution in [0.3, 0.4) is 0 Å². The molecule has 1 amide bonds. The summed E-state index contributed by atoms with van der Waals surface area (Å²) in [7, 11) is 0. The Bertz CT molecular complexity index is 662. The van der Waals surface area contributed by atoms with Crippen molar-refractivity contribution in [2.24, 2.45) is 0 Å². The number of alkyl halides is 3. The molecule has 1 atom stereocenters. The number of pyridine rings is 1. The molecule has 1 aromatic heterocycles. The van der Waals surface area contributed by atoms with E-state index in [9.17, 15) is 18.0 Å². The van der Waals surface area contributed by atoms with E-state index in [2.05, 4.69) is 10.3 Å². The van der Waals surface area contributed by atoms with Crippen molar-refractivity contribution in [1.29, 1.82) is 0 Å². The number of nitrogens with one attached hydrogen (secondary N) is 1. The van der Waals surface area contributed by atoms with Crippen molar-refractivity contribution in [2.75, 3.05) is 0 Å². The highest BCUT2D eigenvalue weighted by molar-refractivity contribution is 5.96. The van der Waals surface area contributed by atoms with Gasteiger partial charge in [0.1, 0.15) is 0 Å². The van der Waals surface area contributed by atoms with E-state index in [4.69, 9.17) is 0 Å². The van der Waals surface area contributed by atoms with Gasteiger partial charge in [-0.15, -0.1) is 0 Å². The Kier molecular flexibility index (Phi) is 4.13. The minimum Gasteiger partial charge on any atom is -0.343 e. The number of amides is 1. The number of rotatable bonds is 2. The Morgan fingerprint density at radius 2 is 2.05 bits per heavy atom. The van der Waals surface area contributed by atoms with Gasteiger partial charge in [-0.3, -0.25) is 9.78 Å². The van der Waals surface area contributed by atoms with Crippen molar-refractivity contribution in [2.45, 2.75) is 38.9 Å². The highest BCUT2D eigenvalue weighted by Crippen LogP contribution is 2.30. The molecule has 1 aromatic rings. The number of hydrogen-bond donors (Lipinski definition) is 1. The Morgan fingerprint density at radius 3 is 2.59 bits per heavy atom. The molecule has 0 fully saturated rings. The van der Waals surface area contributed by atoms with E-state index >= 15 is 0 Å². The molecule has 6 heteroatoms. The van der Waals surface area contributed by atoms with Crippen molar-refractivity contribution in [3.05, 3.63) is 52.9 Å². The van der Waals surface area contributed by atoms with Crippen LogP contribution < -0.4 is 5.32 Å². The second-order valence-corrected chi connectivity index (χ2v) is 5.71. The molecule has 0 radical (unpaired) electrons. The first-order valence-corrected chi connectivity index (χ1v) is 6.83. The fourth-order valence-corrected chi connectivity index (χ4v) is 2.16. The predicted molar refractivity (Wildman–Crippen MR) is 77.4 cm³/mol. The summed E-state index contributed by atoms with van der Waals surface area (Å²) in [6.45, 7) is 5.28. The molecule has 2 rings (SSSR count). The predicted octanol–water partition coefficient (Wildman–Crippen LogP) is 3.80. The molecule has 1 unspecified atom stereocenters. The molecule has 0 aliphatic heterocycles. The second-order valence-electron chi connectivity index (χ2n) is 5.71. The van der Waals surface area contributed by atoms with E-state index in [0.717, 1.165) is 17.8 Å². The normalized spacial score (nSPS) is 21.5. The molecule has 1 heterocycles. The van der Waals surface area contributed by atoms with E-state index in [1.807, 2.05) is 32.1 Å². The van der Waals surface area contributed by atoms with E-state index in [1.165, 1.54) is 6.92 Å². The first-order valence-electron chi connectivity index (χ1n) is 6.83. The Labute approximate surface area is 126 Å². The van der Waals surface area contributed by atoms with Gasteiger partial charge >= 0.3 is 6.18 Å². The Balaban J connectivity index is 2.25. The summed E-state index contributed by atoms with van der Waals surface area (Å²) in [5, 5.41) is 2.77. The summed E-state index contributed by atoms with van der Waals surface area (Å²) in [4.78, 5) is 16.0. The lowest BCUT2D eigenvalue weighted by Gasteiger charge is -2.29. The zero-order chi connectivity index (χ0) is 16.5. The van der Waals surface area contributed by atoms with E-state index in [1.54, 1.807) is 0 Å². The summed E-state index contributed by atoms with van der Waals surface area (Å²) in [5.41, 5.74) is -0.250. The van der Waals surface area contributed by atoms with E-state index in [-0.39, 0.29) is 11.3 Å². The van der Waals surface area contributed by atoms with Gasteiger partial charge in [-0.05, 0) is 33.3 Å². The number of aromatic nitrogens is 1. The molecule has 0 aromatic carbocycles. The average molecular weight is 310 g/mol. The summed E-state index contributed by atoms with van der Waals surface area (Å²) < 4.78 is 38.2. The molecule has 3 nitrogen and oxygen atoms in total. The van der Waals surface area contributed by atoms with Gasteiger partial charge in [0.05, 0.1) is 16.7 Å². The molecule has 22 heavy (non-hydrogen) atoms. The molecule has 1 N–H and O–H groups in total. The number of halogens is 3. The highest BCUT2D eigenvalue weighted by Gasteiger charge is 2.33. The number of carbonyl (C=O) groups excluding carboxylic acids is 1. The van der Waals surface area contributed by atoms with Crippen molar-refractivity contribution < 1.29 is 18.0 Å². The quantitative estimate of drug-likeness (QED) is 0.902. The number of hydrogen-bond acceptors (Lipinski definition) is 2. The third kappa shape index (κ3) is 3.55. The maximum atomic E-state index is 12.7. The fraction of sp³-hybridized carbons (Fsp3) is 0.375. The third-order valence-corrected chi connectivity index (χ3v) is 3.62. The zero-order valence-corrected chi connectivity index (χ0v) is 12.6. The van der Waals surface area contributed by atoms with Crippen LogP contribution in [0.2, 0.25) is 0 Å². The highest BCUT2D eigenvalue weighted by atomic mass is 19.4. The summed E-state index contributed by atoms with van der Waals surface area (Å²) in [6.07, 6.45) is 2.49. The molecule has 1 aliphatic carbocycles. The summed E-state index contributed by atoms with van der Waals surface area (Å²) in [5.74, 6) is -0.559. The molecular formula is C16H17F3N2O. The van der Waals surface area contributed by atoms with Crippen molar-refractivity contribution >= 4 is 5.91 Å². The molecule has 0 spiro atoms. The molecule has 0 bridgehead atoms. The van der Waals surface area contributed by atoms with Crippen molar-refractivity contribution in [3.8, 4) is 0 Å². The number of allylic oxidation sites excluding steroid dienone is 2. The van der Waals surface area contributed by atoms with E-state index in [0.29, 0.717) is 6.42 Å². The van der Waals surface area contributed by atoms with Crippen LogP contribution in [0.15, 0.2) is 36.1 Å². The number of aryl methyl sites for hydroxylation is 1. The van der Waals surface area contributed by atoms with Crippen LogP contribution in [0.5, 0.6) is 0 Å². The average Bonchev–Trinajstić information content (AvgIpc) is 2.41.